The molecule has 4 N–H and O–H groups in total. The van der Waals surface area contributed by atoms with Gasteiger partial charge in [-0.25, -0.2) is 4.79 Å². The summed E-state index contributed by atoms with van der Waals surface area (Å²) in [4.78, 5) is 94.8. The minimum absolute atomic E-state index is 0.0617. The number of amides is 5. The zero-order valence-corrected chi connectivity index (χ0v) is 32.8. The molecule has 2 aromatic carbocycles. The predicted molar refractivity (Wildman–Crippen MR) is 208 cm³/mol. The molecule has 5 amide bonds. The molecule has 4 atom stereocenters. The smallest absolute Gasteiger partial charge is 0.329 e. The van der Waals surface area contributed by atoms with Crippen molar-refractivity contribution in [1.82, 2.24) is 26.2 Å². The van der Waals surface area contributed by atoms with Gasteiger partial charge in [-0.05, 0) is 61.3 Å². The Kier molecular flexibility index (Phi) is 17.3. The normalized spacial score (nSPS) is 19.7. The molecule has 14 nitrogen and oxygen atoms in total. The van der Waals surface area contributed by atoms with Gasteiger partial charge in [-0.15, -0.1) is 0 Å². The zero-order chi connectivity index (χ0) is 40.5. The van der Waals surface area contributed by atoms with E-state index in [4.69, 9.17) is 9.47 Å². The molecular weight excluding hydrogens is 718 g/mol. The molecule has 0 radical (unpaired) electrons. The Bertz CT molecular complexity index is 1660. The molecule has 1 heterocycles. The van der Waals surface area contributed by atoms with Crippen molar-refractivity contribution < 1.29 is 43.0 Å². The summed E-state index contributed by atoms with van der Waals surface area (Å²) in [5.74, 6) is -4.52. The van der Waals surface area contributed by atoms with Gasteiger partial charge < -0.3 is 35.6 Å². The van der Waals surface area contributed by atoms with Crippen molar-refractivity contribution in [3.05, 3.63) is 65.7 Å². The standard InChI is InChI=1S/C42H57N5O9/c1-4-16-32(38(50)40(52)43-27-35(49)46-36(41(53)47(2)3)29-18-9-7-10-19-29)44-39(51)33-26-28-17-15-22-31(25-28)55-24-14-6-5-13-23-34(48)45-37(42(54)56-33)30-20-11-8-12-21-30/h7,9-10,15,17-19,22,25,30,32-33,36-37H,4-6,8,11-14,16,20-21,23-24,26-27H2,1-3H3,(H,43,52)(H,44,51)(H,45,48)(H,46,49)/t32?,33?,36-,37?/m0/s1. The third-order valence-electron chi connectivity index (χ3n) is 10.1. The molecule has 1 aliphatic heterocycles. The molecule has 2 bridgehead atoms. The van der Waals surface area contributed by atoms with Gasteiger partial charge in [0.15, 0.2) is 6.10 Å². The fourth-order valence-corrected chi connectivity index (χ4v) is 7.02. The van der Waals surface area contributed by atoms with Gasteiger partial charge in [0.1, 0.15) is 17.8 Å². The summed E-state index contributed by atoms with van der Waals surface area (Å²) in [6.45, 7) is 1.65. The van der Waals surface area contributed by atoms with Gasteiger partial charge in [0.2, 0.25) is 23.5 Å². The second kappa shape index (κ2) is 22.3. The predicted octanol–water partition coefficient (Wildman–Crippen LogP) is 3.46. The Balaban J connectivity index is 1.50. The Hall–Kier alpha value is -5.27. The number of hydrogen-bond donors (Lipinski definition) is 4. The van der Waals surface area contributed by atoms with E-state index in [0.29, 0.717) is 36.3 Å². The number of hydrogen-bond acceptors (Lipinski definition) is 9. The monoisotopic (exact) mass is 775 g/mol. The SMILES string of the molecule is CCCC(NC(=O)C1Cc2cccc(c2)OCCCCCCC(=O)NC(C2CCCCC2)C(=O)O1)C(=O)C(=O)NCC(=O)N[C@H](C(=O)N(C)C)c1ccccc1. The topological polar surface area (TPSA) is 189 Å². The number of esters is 1. The van der Waals surface area contributed by atoms with E-state index in [1.807, 2.05) is 0 Å². The number of likely N-dealkylation sites (N-methyl/N-ethyl adjacent to an activating group) is 1. The molecule has 1 saturated carbocycles. The lowest BCUT2D eigenvalue weighted by Crippen LogP contribution is -2.54. The third kappa shape index (κ3) is 13.5. The summed E-state index contributed by atoms with van der Waals surface area (Å²) in [5, 5.41) is 10.5. The molecule has 304 valence electrons. The highest BCUT2D eigenvalue weighted by molar-refractivity contribution is 6.38. The van der Waals surface area contributed by atoms with E-state index in [2.05, 4.69) is 21.3 Å². The Labute approximate surface area is 329 Å². The zero-order valence-electron chi connectivity index (χ0n) is 32.8. The number of nitrogens with zero attached hydrogens (tertiary/aromatic N) is 1. The van der Waals surface area contributed by atoms with Crippen molar-refractivity contribution in [3.8, 4) is 5.75 Å². The first-order valence-electron chi connectivity index (χ1n) is 19.9. The van der Waals surface area contributed by atoms with Crippen LogP contribution < -0.4 is 26.0 Å². The van der Waals surface area contributed by atoms with E-state index in [-0.39, 0.29) is 37.0 Å². The van der Waals surface area contributed by atoms with E-state index in [1.54, 1.807) is 75.6 Å². The lowest BCUT2D eigenvalue weighted by atomic mass is 9.83. The van der Waals surface area contributed by atoms with E-state index in [0.717, 1.165) is 51.4 Å². The van der Waals surface area contributed by atoms with Crippen molar-refractivity contribution >= 4 is 41.3 Å². The van der Waals surface area contributed by atoms with Gasteiger partial charge in [0.05, 0.1) is 19.2 Å². The summed E-state index contributed by atoms with van der Waals surface area (Å²) < 4.78 is 11.9. The van der Waals surface area contributed by atoms with Crippen LogP contribution in [0, 0.1) is 5.92 Å². The number of rotatable bonds is 12. The highest BCUT2D eigenvalue weighted by Crippen LogP contribution is 2.28. The highest BCUT2D eigenvalue weighted by Gasteiger charge is 2.37. The minimum Gasteiger partial charge on any atom is -0.494 e. The molecule has 4 rings (SSSR count). The van der Waals surface area contributed by atoms with Gasteiger partial charge in [-0.1, -0.05) is 87.9 Å². The van der Waals surface area contributed by atoms with Gasteiger partial charge in [0.25, 0.3) is 11.8 Å². The van der Waals surface area contributed by atoms with Gasteiger partial charge in [-0.3, -0.25) is 28.8 Å². The summed E-state index contributed by atoms with van der Waals surface area (Å²) in [5.41, 5.74) is 1.18. The summed E-state index contributed by atoms with van der Waals surface area (Å²) >= 11 is 0. The van der Waals surface area contributed by atoms with Crippen molar-refractivity contribution in [2.45, 2.75) is 115 Å². The highest BCUT2D eigenvalue weighted by atomic mass is 16.5. The maximum absolute atomic E-state index is 14.0. The number of cyclic esters (lactones) is 1. The van der Waals surface area contributed by atoms with Crippen LogP contribution in [-0.2, 0) is 44.7 Å². The number of Topliss-reactive ketones (excluding diaryl/α,β-unsaturated/α-hetero) is 1. The maximum atomic E-state index is 14.0. The van der Waals surface area contributed by atoms with Crippen LogP contribution in [0.3, 0.4) is 0 Å². The number of ketones is 1. The average molecular weight is 776 g/mol. The number of carbonyl (C=O) groups is 7. The van der Waals surface area contributed by atoms with E-state index in [1.165, 1.54) is 4.90 Å². The largest absolute Gasteiger partial charge is 0.494 e. The molecule has 14 heteroatoms. The molecule has 0 spiro atoms. The molecular formula is C42H57N5O9. The molecule has 1 aliphatic carbocycles. The molecule has 56 heavy (non-hydrogen) atoms. The number of benzene rings is 2. The summed E-state index contributed by atoms with van der Waals surface area (Å²) in [6.07, 6.45) is 6.79. The van der Waals surface area contributed by atoms with Crippen molar-refractivity contribution in [1.29, 1.82) is 0 Å². The molecule has 2 aliphatic rings. The summed E-state index contributed by atoms with van der Waals surface area (Å²) in [7, 11) is 3.11. The van der Waals surface area contributed by atoms with Crippen LogP contribution >= 0.6 is 0 Å². The Morgan fingerprint density at radius 3 is 2.30 bits per heavy atom. The van der Waals surface area contributed by atoms with Gasteiger partial charge in [-0.2, -0.15) is 0 Å². The van der Waals surface area contributed by atoms with Gasteiger partial charge >= 0.3 is 5.97 Å². The first kappa shape index (κ1) is 43.5. The lowest BCUT2D eigenvalue weighted by Gasteiger charge is -2.31. The molecule has 0 aromatic heterocycles. The van der Waals surface area contributed by atoms with E-state index >= 15 is 0 Å². The third-order valence-corrected chi connectivity index (χ3v) is 10.1. The second-order valence-electron chi connectivity index (χ2n) is 14.8. The molecule has 3 unspecified atom stereocenters. The van der Waals surface area contributed by atoms with Crippen LogP contribution in [0.4, 0.5) is 0 Å². The molecule has 2 aromatic rings. The number of fused-ring (bicyclic) bond motifs is 2. The Morgan fingerprint density at radius 1 is 0.875 bits per heavy atom. The maximum Gasteiger partial charge on any atom is 0.329 e. The summed E-state index contributed by atoms with van der Waals surface area (Å²) in [6, 6.07) is 12.5. The van der Waals surface area contributed by atoms with Crippen LogP contribution in [0.2, 0.25) is 0 Å². The number of carbonyl (C=O) groups excluding carboxylic acids is 7. The van der Waals surface area contributed by atoms with E-state index in [9.17, 15) is 33.6 Å². The lowest BCUT2D eigenvalue weighted by molar-refractivity contribution is -0.160. The fourth-order valence-electron chi connectivity index (χ4n) is 7.02. The van der Waals surface area contributed by atoms with Crippen molar-refractivity contribution in [3.63, 3.8) is 0 Å². The van der Waals surface area contributed by atoms with Crippen LogP contribution in [0.1, 0.15) is 101 Å². The quantitative estimate of drug-likeness (QED) is 0.185. The minimum atomic E-state index is -1.42. The second-order valence-corrected chi connectivity index (χ2v) is 14.8. The fraction of sp³-hybridized carbons (Fsp3) is 0.548. The molecule has 1 fully saturated rings. The van der Waals surface area contributed by atoms with Crippen molar-refractivity contribution in [2.75, 3.05) is 27.2 Å². The first-order valence-corrected chi connectivity index (χ1v) is 19.9. The Morgan fingerprint density at radius 2 is 1.59 bits per heavy atom. The van der Waals surface area contributed by atoms with Crippen LogP contribution in [0.25, 0.3) is 0 Å². The van der Waals surface area contributed by atoms with Crippen molar-refractivity contribution in [2.24, 2.45) is 5.92 Å². The van der Waals surface area contributed by atoms with Gasteiger partial charge in [0, 0.05) is 26.9 Å². The van der Waals surface area contributed by atoms with Crippen LogP contribution in [0.15, 0.2) is 54.6 Å². The average Bonchev–Trinajstić information content (AvgIpc) is 3.20. The molecule has 0 saturated heterocycles. The number of ether oxygens (including phenoxy) is 2. The number of nitrogens with one attached hydrogen (secondary N) is 4. The van der Waals surface area contributed by atoms with Crippen LogP contribution in [0.5, 0.6) is 5.75 Å². The van der Waals surface area contributed by atoms with Crippen LogP contribution in [-0.4, -0.2) is 91.6 Å². The first-order chi connectivity index (χ1) is 27.0. The van der Waals surface area contributed by atoms with E-state index < -0.39 is 60.2 Å².